The molecule has 0 amide bonds. The van der Waals surface area contributed by atoms with E-state index < -0.39 is 5.97 Å². The van der Waals surface area contributed by atoms with Crippen molar-refractivity contribution in [2.24, 2.45) is 11.7 Å². The highest BCUT2D eigenvalue weighted by Gasteiger charge is 2.26. The summed E-state index contributed by atoms with van der Waals surface area (Å²) >= 11 is 0. The predicted molar refractivity (Wildman–Crippen MR) is 90.5 cm³/mol. The molecule has 0 aliphatic rings. The molecular weight excluding hydrogens is 262 g/mol. The summed E-state index contributed by atoms with van der Waals surface area (Å²) in [7, 11) is 0. The second-order valence-corrected chi connectivity index (χ2v) is 6.65. The van der Waals surface area contributed by atoms with Crippen molar-refractivity contribution >= 4 is 5.97 Å². The molecule has 0 aromatic carbocycles. The molecule has 126 valence electrons. The molecular formula is C18H37NO2. The van der Waals surface area contributed by atoms with Gasteiger partial charge in [0, 0.05) is 12.0 Å². The highest BCUT2D eigenvalue weighted by molar-refractivity contribution is 5.67. The van der Waals surface area contributed by atoms with Crippen molar-refractivity contribution in [2.75, 3.05) is 0 Å². The standard InChI is InChI=1S/C18H37NO2/c1-4-7-8-9-10-11-12-13-16(14-17(20)21)15-18(19,5-2)6-3/h16H,4-15,19H2,1-3H3,(H,20,21). The van der Waals surface area contributed by atoms with Crippen LogP contribution in [0.5, 0.6) is 0 Å². The minimum absolute atomic E-state index is 0.179. The van der Waals surface area contributed by atoms with Gasteiger partial charge in [-0.2, -0.15) is 0 Å². The van der Waals surface area contributed by atoms with E-state index in [9.17, 15) is 4.79 Å². The Morgan fingerprint density at radius 3 is 2.00 bits per heavy atom. The Morgan fingerprint density at radius 1 is 1.00 bits per heavy atom. The first-order valence-corrected chi connectivity index (χ1v) is 8.98. The highest BCUT2D eigenvalue weighted by atomic mass is 16.4. The van der Waals surface area contributed by atoms with E-state index in [2.05, 4.69) is 20.8 Å². The summed E-state index contributed by atoms with van der Waals surface area (Å²) in [5.41, 5.74) is 6.19. The minimum atomic E-state index is -0.683. The molecule has 0 aromatic rings. The van der Waals surface area contributed by atoms with Gasteiger partial charge in [0.05, 0.1) is 0 Å². The summed E-state index contributed by atoms with van der Waals surface area (Å²) in [5, 5.41) is 9.09. The van der Waals surface area contributed by atoms with Crippen LogP contribution in [0.25, 0.3) is 0 Å². The number of hydrogen-bond acceptors (Lipinski definition) is 2. The maximum absolute atomic E-state index is 11.0. The molecule has 0 fully saturated rings. The van der Waals surface area contributed by atoms with Crippen LogP contribution in [0.1, 0.15) is 97.8 Å². The SMILES string of the molecule is CCCCCCCCCC(CC(=O)O)CC(N)(CC)CC. The number of rotatable bonds is 14. The number of carboxylic acid groups (broad SMARTS) is 1. The van der Waals surface area contributed by atoms with Crippen LogP contribution in [0.4, 0.5) is 0 Å². The van der Waals surface area contributed by atoms with E-state index in [-0.39, 0.29) is 17.9 Å². The highest BCUT2D eigenvalue weighted by Crippen LogP contribution is 2.27. The second-order valence-electron chi connectivity index (χ2n) is 6.65. The number of carbonyl (C=O) groups is 1. The number of carboxylic acids is 1. The molecule has 3 N–H and O–H groups in total. The third kappa shape index (κ3) is 10.8. The van der Waals surface area contributed by atoms with Crippen molar-refractivity contribution in [1.29, 1.82) is 0 Å². The van der Waals surface area contributed by atoms with Crippen LogP contribution in [-0.4, -0.2) is 16.6 Å². The first-order chi connectivity index (χ1) is 9.97. The van der Waals surface area contributed by atoms with Gasteiger partial charge in [0.15, 0.2) is 0 Å². The summed E-state index contributed by atoms with van der Waals surface area (Å²) in [4.78, 5) is 11.0. The largest absolute Gasteiger partial charge is 0.481 e. The molecule has 21 heavy (non-hydrogen) atoms. The second kappa shape index (κ2) is 12.0. The molecule has 3 nitrogen and oxygen atoms in total. The molecule has 0 heterocycles. The molecule has 0 radical (unpaired) electrons. The Morgan fingerprint density at radius 2 is 1.52 bits per heavy atom. The van der Waals surface area contributed by atoms with Crippen LogP contribution in [0.15, 0.2) is 0 Å². The summed E-state index contributed by atoms with van der Waals surface area (Å²) in [6.07, 6.45) is 12.9. The first-order valence-electron chi connectivity index (χ1n) is 8.98. The summed E-state index contributed by atoms with van der Waals surface area (Å²) < 4.78 is 0. The van der Waals surface area contributed by atoms with E-state index in [0.717, 1.165) is 32.1 Å². The number of aliphatic carboxylic acids is 1. The van der Waals surface area contributed by atoms with Gasteiger partial charge in [0.1, 0.15) is 0 Å². The molecule has 1 atom stereocenters. The zero-order valence-corrected chi connectivity index (χ0v) is 14.5. The molecule has 3 heteroatoms. The average Bonchev–Trinajstić information content (AvgIpc) is 2.45. The molecule has 0 rings (SSSR count). The lowest BCUT2D eigenvalue weighted by Gasteiger charge is -2.31. The lowest BCUT2D eigenvalue weighted by Crippen LogP contribution is -2.40. The van der Waals surface area contributed by atoms with Crippen molar-refractivity contribution in [2.45, 2.75) is 103 Å². The molecule has 0 aliphatic carbocycles. The summed E-state index contributed by atoms with van der Waals surface area (Å²) in [6.45, 7) is 6.45. The quantitative estimate of drug-likeness (QED) is 0.437. The normalized spacial score (nSPS) is 13.3. The molecule has 0 aromatic heterocycles. The Hall–Kier alpha value is -0.570. The Balaban J connectivity index is 4.04. The van der Waals surface area contributed by atoms with Crippen LogP contribution in [-0.2, 0) is 4.79 Å². The fourth-order valence-corrected chi connectivity index (χ4v) is 3.03. The molecule has 0 saturated heterocycles. The van der Waals surface area contributed by atoms with Crippen LogP contribution in [0.2, 0.25) is 0 Å². The zero-order chi connectivity index (χ0) is 16.1. The topological polar surface area (TPSA) is 63.3 Å². The van der Waals surface area contributed by atoms with Gasteiger partial charge in [-0.15, -0.1) is 0 Å². The van der Waals surface area contributed by atoms with Gasteiger partial charge in [-0.1, -0.05) is 65.7 Å². The Kier molecular flexibility index (Phi) is 11.7. The lowest BCUT2D eigenvalue weighted by atomic mass is 9.80. The fraction of sp³-hybridized carbons (Fsp3) is 0.944. The Bertz CT molecular complexity index is 262. The van der Waals surface area contributed by atoms with Crippen molar-refractivity contribution in [3.05, 3.63) is 0 Å². The van der Waals surface area contributed by atoms with Gasteiger partial charge in [-0.3, -0.25) is 4.79 Å². The number of unbranched alkanes of at least 4 members (excludes halogenated alkanes) is 6. The van der Waals surface area contributed by atoms with E-state index in [1.807, 2.05) is 0 Å². The van der Waals surface area contributed by atoms with Gasteiger partial charge in [0.2, 0.25) is 0 Å². The van der Waals surface area contributed by atoms with E-state index in [1.54, 1.807) is 0 Å². The lowest BCUT2D eigenvalue weighted by molar-refractivity contribution is -0.138. The molecule has 0 spiro atoms. The fourth-order valence-electron chi connectivity index (χ4n) is 3.03. The number of hydrogen-bond donors (Lipinski definition) is 2. The van der Waals surface area contributed by atoms with Gasteiger partial charge < -0.3 is 10.8 Å². The van der Waals surface area contributed by atoms with Crippen molar-refractivity contribution in [3.63, 3.8) is 0 Å². The summed E-state index contributed by atoms with van der Waals surface area (Å²) in [6, 6.07) is 0. The van der Waals surface area contributed by atoms with Gasteiger partial charge in [-0.25, -0.2) is 0 Å². The van der Waals surface area contributed by atoms with Crippen molar-refractivity contribution < 1.29 is 9.90 Å². The van der Waals surface area contributed by atoms with Gasteiger partial charge >= 0.3 is 5.97 Å². The third-order valence-corrected chi connectivity index (χ3v) is 4.78. The molecule has 0 aliphatic heterocycles. The van der Waals surface area contributed by atoms with Crippen LogP contribution < -0.4 is 5.73 Å². The maximum atomic E-state index is 11.0. The zero-order valence-electron chi connectivity index (χ0n) is 14.5. The van der Waals surface area contributed by atoms with E-state index >= 15 is 0 Å². The predicted octanol–water partition coefficient (Wildman–Crippen LogP) is 5.13. The van der Waals surface area contributed by atoms with E-state index in [0.29, 0.717) is 0 Å². The van der Waals surface area contributed by atoms with E-state index in [1.165, 1.54) is 38.5 Å². The minimum Gasteiger partial charge on any atom is -0.481 e. The van der Waals surface area contributed by atoms with Crippen molar-refractivity contribution in [1.82, 2.24) is 0 Å². The van der Waals surface area contributed by atoms with Crippen LogP contribution >= 0.6 is 0 Å². The first kappa shape index (κ1) is 20.4. The molecule has 1 unspecified atom stereocenters. The smallest absolute Gasteiger partial charge is 0.303 e. The van der Waals surface area contributed by atoms with Crippen LogP contribution in [0, 0.1) is 5.92 Å². The van der Waals surface area contributed by atoms with Crippen LogP contribution in [0.3, 0.4) is 0 Å². The maximum Gasteiger partial charge on any atom is 0.303 e. The monoisotopic (exact) mass is 299 g/mol. The van der Waals surface area contributed by atoms with Gasteiger partial charge in [-0.05, 0) is 31.6 Å². The van der Waals surface area contributed by atoms with E-state index in [4.69, 9.17) is 10.8 Å². The molecule has 0 saturated carbocycles. The van der Waals surface area contributed by atoms with Crippen molar-refractivity contribution in [3.8, 4) is 0 Å². The third-order valence-electron chi connectivity index (χ3n) is 4.78. The summed E-state index contributed by atoms with van der Waals surface area (Å²) in [5.74, 6) is -0.444. The Labute approximate surface area is 131 Å². The number of nitrogens with two attached hydrogens (primary N) is 1. The van der Waals surface area contributed by atoms with Gasteiger partial charge in [0.25, 0.3) is 0 Å². The molecule has 0 bridgehead atoms. The average molecular weight is 299 g/mol.